The first kappa shape index (κ1) is 15.5. The molecule has 1 heterocycles. The van der Waals surface area contributed by atoms with E-state index in [4.69, 9.17) is 0 Å². The summed E-state index contributed by atoms with van der Waals surface area (Å²) in [5.41, 5.74) is 1.17. The van der Waals surface area contributed by atoms with Gasteiger partial charge in [0.25, 0.3) is 0 Å². The predicted octanol–water partition coefficient (Wildman–Crippen LogP) is 3.76. The van der Waals surface area contributed by atoms with Gasteiger partial charge in [0.15, 0.2) is 0 Å². The lowest BCUT2D eigenvalue weighted by molar-refractivity contribution is 0.204. The third-order valence-electron chi connectivity index (χ3n) is 4.23. The molecule has 1 saturated heterocycles. The van der Waals surface area contributed by atoms with Gasteiger partial charge in [0.2, 0.25) is 10.0 Å². The first-order chi connectivity index (χ1) is 9.34. The lowest BCUT2D eigenvalue weighted by atomic mass is 10.0. The van der Waals surface area contributed by atoms with Crippen LogP contribution in [-0.4, -0.2) is 24.8 Å². The molecular weight excluding hydrogens is 270 g/mol. The van der Waals surface area contributed by atoms with Crippen LogP contribution in [0.3, 0.4) is 0 Å². The molecule has 112 valence electrons. The lowest BCUT2D eigenvalue weighted by Crippen LogP contribution is -2.47. The highest BCUT2D eigenvalue weighted by Gasteiger charge is 2.35. The number of nitrogens with zero attached hydrogens (tertiary/aromatic N) is 1. The minimum Gasteiger partial charge on any atom is -0.207 e. The topological polar surface area (TPSA) is 37.4 Å². The van der Waals surface area contributed by atoms with Crippen molar-refractivity contribution in [3.63, 3.8) is 0 Å². The standard InChI is InChI=1S/C16H25NO2S/c1-12(2)15-8-10-16(11-9-15)20(18,19)17-13(3)6-5-7-14(17)4/h8-14H,5-7H2,1-4H3/t13-,14-/m1/s1. The van der Waals surface area contributed by atoms with E-state index in [9.17, 15) is 8.42 Å². The Labute approximate surface area is 123 Å². The van der Waals surface area contributed by atoms with E-state index in [-0.39, 0.29) is 12.1 Å². The van der Waals surface area contributed by atoms with Crippen LogP contribution >= 0.6 is 0 Å². The van der Waals surface area contributed by atoms with Crippen molar-refractivity contribution in [2.24, 2.45) is 0 Å². The summed E-state index contributed by atoms with van der Waals surface area (Å²) in [5, 5.41) is 0. The number of benzene rings is 1. The molecule has 1 aromatic rings. The summed E-state index contributed by atoms with van der Waals surface area (Å²) >= 11 is 0. The van der Waals surface area contributed by atoms with Crippen LogP contribution in [0.4, 0.5) is 0 Å². The Hall–Kier alpha value is -0.870. The maximum Gasteiger partial charge on any atom is 0.243 e. The number of piperidine rings is 1. The van der Waals surface area contributed by atoms with Gasteiger partial charge in [0.1, 0.15) is 0 Å². The zero-order chi connectivity index (χ0) is 14.9. The van der Waals surface area contributed by atoms with Gasteiger partial charge < -0.3 is 0 Å². The Bertz CT molecular complexity index is 538. The third-order valence-corrected chi connectivity index (χ3v) is 6.38. The largest absolute Gasteiger partial charge is 0.243 e. The Morgan fingerprint density at radius 3 is 2.00 bits per heavy atom. The van der Waals surface area contributed by atoms with Gasteiger partial charge in [0, 0.05) is 12.1 Å². The summed E-state index contributed by atoms with van der Waals surface area (Å²) in [6.07, 6.45) is 3.02. The van der Waals surface area contributed by atoms with Crippen LogP contribution in [0.2, 0.25) is 0 Å². The number of sulfonamides is 1. The van der Waals surface area contributed by atoms with Crippen LogP contribution in [0.5, 0.6) is 0 Å². The molecule has 0 aromatic heterocycles. The van der Waals surface area contributed by atoms with Crippen molar-refractivity contribution >= 4 is 10.0 Å². The summed E-state index contributed by atoms with van der Waals surface area (Å²) in [4.78, 5) is 0.419. The van der Waals surface area contributed by atoms with Gasteiger partial charge in [-0.2, -0.15) is 4.31 Å². The quantitative estimate of drug-likeness (QED) is 0.851. The minimum atomic E-state index is -3.37. The summed E-state index contributed by atoms with van der Waals surface area (Å²) in [6, 6.07) is 7.53. The highest BCUT2D eigenvalue weighted by Crippen LogP contribution is 2.30. The molecule has 4 heteroatoms. The normalized spacial score (nSPS) is 25.1. The van der Waals surface area contributed by atoms with Crippen LogP contribution in [0.25, 0.3) is 0 Å². The van der Waals surface area contributed by atoms with Gasteiger partial charge in [-0.25, -0.2) is 8.42 Å². The molecule has 3 nitrogen and oxygen atoms in total. The van der Waals surface area contributed by atoms with E-state index in [0.717, 1.165) is 19.3 Å². The first-order valence-electron chi connectivity index (χ1n) is 7.47. The molecule has 0 unspecified atom stereocenters. The Morgan fingerprint density at radius 1 is 1.05 bits per heavy atom. The van der Waals surface area contributed by atoms with Crippen LogP contribution in [0.1, 0.15) is 58.4 Å². The summed E-state index contributed by atoms with van der Waals surface area (Å²) < 4.78 is 27.3. The van der Waals surface area contributed by atoms with Crippen molar-refractivity contribution in [2.75, 3.05) is 0 Å². The Kier molecular flexibility index (Phi) is 4.55. The molecule has 0 spiro atoms. The first-order valence-corrected chi connectivity index (χ1v) is 8.91. The van der Waals surface area contributed by atoms with Crippen molar-refractivity contribution < 1.29 is 8.42 Å². The zero-order valence-electron chi connectivity index (χ0n) is 12.8. The van der Waals surface area contributed by atoms with Crippen molar-refractivity contribution in [3.8, 4) is 0 Å². The molecule has 1 aliphatic rings. The van der Waals surface area contributed by atoms with Gasteiger partial charge in [-0.3, -0.25) is 0 Å². The monoisotopic (exact) mass is 295 g/mol. The van der Waals surface area contributed by atoms with Gasteiger partial charge in [-0.05, 0) is 50.3 Å². The molecule has 0 saturated carbocycles. The third kappa shape index (κ3) is 2.91. The lowest BCUT2D eigenvalue weighted by Gasteiger charge is -2.37. The maximum absolute atomic E-state index is 12.8. The summed E-state index contributed by atoms with van der Waals surface area (Å²) in [7, 11) is -3.37. The maximum atomic E-state index is 12.8. The molecular formula is C16H25NO2S. The van der Waals surface area contributed by atoms with Crippen LogP contribution in [0, 0.1) is 0 Å². The number of hydrogen-bond acceptors (Lipinski definition) is 2. The highest BCUT2D eigenvalue weighted by molar-refractivity contribution is 7.89. The molecule has 20 heavy (non-hydrogen) atoms. The summed E-state index contributed by atoms with van der Waals surface area (Å²) in [5.74, 6) is 0.416. The van der Waals surface area contributed by atoms with Gasteiger partial charge in [0.05, 0.1) is 4.90 Å². The van der Waals surface area contributed by atoms with Gasteiger partial charge >= 0.3 is 0 Å². The SMILES string of the molecule is CC(C)c1ccc(S(=O)(=O)N2[C@H](C)CCC[C@H]2C)cc1. The fourth-order valence-electron chi connectivity index (χ4n) is 3.02. The van der Waals surface area contributed by atoms with Crippen LogP contribution in [0.15, 0.2) is 29.2 Å². The van der Waals surface area contributed by atoms with Crippen molar-refractivity contribution in [1.82, 2.24) is 4.31 Å². The minimum absolute atomic E-state index is 0.0912. The molecule has 0 bridgehead atoms. The number of hydrogen-bond donors (Lipinski definition) is 0. The highest BCUT2D eigenvalue weighted by atomic mass is 32.2. The second-order valence-corrected chi connectivity index (χ2v) is 8.03. The fraction of sp³-hybridized carbons (Fsp3) is 0.625. The number of rotatable bonds is 3. The zero-order valence-corrected chi connectivity index (χ0v) is 13.7. The van der Waals surface area contributed by atoms with Crippen molar-refractivity contribution in [2.45, 2.75) is 69.9 Å². The van der Waals surface area contributed by atoms with E-state index in [1.54, 1.807) is 16.4 Å². The molecule has 1 fully saturated rings. The molecule has 0 N–H and O–H groups in total. The van der Waals surface area contributed by atoms with Crippen molar-refractivity contribution in [1.29, 1.82) is 0 Å². The van der Waals surface area contributed by atoms with Gasteiger partial charge in [-0.1, -0.05) is 32.4 Å². The molecule has 1 aliphatic heterocycles. The smallest absolute Gasteiger partial charge is 0.207 e. The molecule has 2 atom stereocenters. The predicted molar refractivity (Wildman–Crippen MR) is 82.3 cm³/mol. The van der Waals surface area contributed by atoms with E-state index in [1.807, 2.05) is 26.0 Å². The van der Waals surface area contributed by atoms with E-state index in [2.05, 4.69) is 13.8 Å². The van der Waals surface area contributed by atoms with E-state index in [1.165, 1.54) is 5.56 Å². The Morgan fingerprint density at radius 2 is 1.55 bits per heavy atom. The van der Waals surface area contributed by atoms with E-state index in [0.29, 0.717) is 10.8 Å². The summed E-state index contributed by atoms with van der Waals surface area (Å²) in [6.45, 7) is 8.24. The van der Waals surface area contributed by atoms with Crippen LogP contribution < -0.4 is 0 Å². The fourth-order valence-corrected chi connectivity index (χ4v) is 4.90. The molecule has 0 amide bonds. The molecule has 2 rings (SSSR count). The second kappa shape index (κ2) is 5.86. The second-order valence-electron chi connectivity index (χ2n) is 6.19. The average Bonchev–Trinajstić information content (AvgIpc) is 2.38. The van der Waals surface area contributed by atoms with E-state index >= 15 is 0 Å². The average molecular weight is 295 g/mol. The molecule has 0 aliphatic carbocycles. The Balaban J connectivity index is 2.34. The molecule has 0 radical (unpaired) electrons. The van der Waals surface area contributed by atoms with Crippen molar-refractivity contribution in [3.05, 3.63) is 29.8 Å². The van der Waals surface area contributed by atoms with Gasteiger partial charge in [-0.15, -0.1) is 0 Å². The van der Waals surface area contributed by atoms with E-state index < -0.39 is 10.0 Å². The molecule has 1 aromatic carbocycles. The van der Waals surface area contributed by atoms with Crippen LogP contribution in [-0.2, 0) is 10.0 Å².